The minimum atomic E-state index is -0.194. The van der Waals surface area contributed by atoms with Crippen molar-refractivity contribution in [1.29, 1.82) is 5.26 Å². The van der Waals surface area contributed by atoms with Crippen LogP contribution in [-0.4, -0.2) is 25.8 Å². The van der Waals surface area contributed by atoms with Gasteiger partial charge in [0.1, 0.15) is 6.04 Å². The highest BCUT2D eigenvalue weighted by atomic mass is 16.5. The van der Waals surface area contributed by atoms with Crippen LogP contribution in [0.5, 0.6) is 0 Å². The van der Waals surface area contributed by atoms with Gasteiger partial charge < -0.3 is 10.1 Å². The van der Waals surface area contributed by atoms with E-state index in [0.29, 0.717) is 13.2 Å². The molecule has 3 nitrogen and oxygen atoms in total. The molecule has 3 heteroatoms. The average Bonchev–Trinajstić information content (AvgIpc) is 2.34. The van der Waals surface area contributed by atoms with Crippen LogP contribution in [0.15, 0.2) is 30.3 Å². The predicted molar refractivity (Wildman–Crippen MR) is 64.0 cm³/mol. The molecule has 86 valence electrons. The molecule has 1 aromatic carbocycles. The number of hydrogen-bond acceptors (Lipinski definition) is 3. The van der Waals surface area contributed by atoms with Gasteiger partial charge >= 0.3 is 0 Å². The third-order valence-corrected chi connectivity index (χ3v) is 2.27. The number of nitriles is 1. The van der Waals surface area contributed by atoms with Gasteiger partial charge in [0.05, 0.1) is 19.3 Å². The molecule has 1 atom stereocenters. The molecule has 0 saturated carbocycles. The number of nitrogens with one attached hydrogen (secondary N) is 1. The van der Waals surface area contributed by atoms with E-state index in [2.05, 4.69) is 23.5 Å². The SMILES string of the molecule is CCNC(C#N)COCCc1ccccc1. The summed E-state index contributed by atoms with van der Waals surface area (Å²) < 4.78 is 5.46. The van der Waals surface area contributed by atoms with E-state index in [1.54, 1.807) is 0 Å². The molecular weight excluding hydrogens is 200 g/mol. The third-order valence-electron chi connectivity index (χ3n) is 2.27. The fourth-order valence-corrected chi connectivity index (χ4v) is 1.42. The maximum Gasteiger partial charge on any atom is 0.119 e. The van der Waals surface area contributed by atoms with Gasteiger partial charge in [-0.15, -0.1) is 0 Å². The van der Waals surface area contributed by atoms with Crippen molar-refractivity contribution in [3.05, 3.63) is 35.9 Å². The number of benzene rings is 1. The number of nitrogens with zero attached hydrogens (tertiary/aromatic N) is 1. The highest BCUT2D eigenvalue weighted by Gasteiger charge is 2.04. The summed E-state index contributed by atoms with van der Waals surface area (Å²) in [5, 5.41) is 11.8. The third kappa shape index (κ3) is 4.92. The number of hydrogen-bond donors (Lipinski definition) is 1. The summed E-state index contributed by atoms with van der Waals surface area (Å²) in [6, 6.07) is 12.2. The van der Waals surface area contributed by atoms with Gasteiger partial charge in [-0.2, -0.15) is 5.26 Å². The van der Waals surface area contributed by atoms with Crippen LogP contribution < -0.4 is 5.32 Å². The average molecular weight is 218 g/mol. The molecular formula is C13H18N2O. The highest BCUT2D eigenvalue weighted by molar-refractivity contribution is 5.14. The van der Waals surface area contributed by atoms with Gasteiger partial charge in [-0.25, -0.2) is 0 Å². The van der Waals surface area contributed by atoms with Gasteiger partial charge in [-0.1, -0.05) is 37.3 Å². The summed E-state index contributed by atoms with van der Waals surface area (Å²) in [4.78, 5) is 0. The first-order valence-electron chi connectivity index (χ1n) is 5.61. The van der Waals surface area contributed by atoms with Crippen molar-refractivity contribution < 1.29 is 4.74 Å². The summed E-state index contributed by atoms with van der Waals surface area (Å²) in [6.07, 6.45) is 0.894. The lowest BCUT2D eigenvalue weighted by Gasteiger charge is -2.10. The van der Waals surface area contributed by atoms with Crippen LogP contribution in [0.4, 0.5) is 0 Å². The molecule has 1 aromatic rings. The number of likely N-dealkylation sites (N-methyl/N-ethyl adjacent to an activating group) is 1. The van der Waals surface area contributed by atoms with Crippen LogP contribution in [-0.2, 0) is 11.2 Å². The minimum absolute atomic E-state index is 0.194. The smallest absolute Gasteiger partial charge is 0.119 e. The van der Waals surface area contributed by atoms with Crippen molar-refractivity contribution in [2.24, 2.45) is 0 Å². The van der Waals surface area contributed by atoms with E-state index in [-0.39, 0.29) is 6.04 Å². The molecule has 1 N–H and O–H groups in total. The summed E-state index contributed by atoms with van der Waals surface area (Å²) >= 11 is 0. The van der Waals surface area contributed by atoms with Gasteiger partial charge in [0.2, 0.25) is 0 Å². The highest BCUT2D eigenvalue weighted by Crippen LogP contribution is 1.99. The van der Waals surface area contributed by atoms with Crippen molar-refractivity contribution in [3.63, 3.8) is 0 Å². The van der Waals surface area contributed by atoms with Gasteiger partial charge in [-0.3, -0.25) is 0 Å². The second kappa shape index (κ2) is 7.86. The van der Waals surface area contributed by atoms with Crippen LogP contribution in [0.1, 0.15) is 12.5 Å². The Kier molecular flexibility index (Phi) is 6.24. The van der Waals surface area contributed by atoms with Crippen LogP contribution in [0, 0.1) is 11.3 Å². The zero-order valence-electron chi connectivity index (χ0n) is 9.65. The van der Waals surface area contributed by atoms with Gasteiger partial charge in [0.25, 0.3) is 0 Å². The molecule has 0 aliphatic heterocycles. The monoisotopic (exact) mass is 218 g/mol. The number of rotatable bonds is 7. The van der Waals surface area contributed by atoms with E-state index in [4.69, 9.17) is 10.00 Å². The fourth-order valence-electron chi connectivity index (χ4n) is 1.42. The van der Waals surface area contributed by atoms with Crippen molar-refractivity contribution in [1.82, 2.24) is 5.32 Å². The Balaban J connectivity index is 2.14. The molecule has 1 rings (SSSR count). The lowest BCUT2D eigenvalue weighted by molar-refractivity contribution is 0.126. The lowest BCUT2D eigenvalue weighted by Crippen LogP contribution is -2.32. The molecule has 0 aliphatic rings. The van der Waals surface area contributed by atoms with E-state index in [0.717, 1.165) is 13.0 Å². The number of ether oxygens (including phenoxy) is 1. The summed E-state index contributed by atoms with van der Waals surface area (Å²) in [6.45, 7) is 3.89. The van der Waals surface area contributed by atoms with E-state index < -0.39 is 0 Å². The Morgan fingerprint density at radius 2 is 2.12 bits per heavy atom. The first kappa shape index (κ1) is 12.7. The summed E-state index contributed by atoms with van der Waals surface area (Å²) in [7, 11) is 0. The molecule has 0 spiro atoms. The van der Waals surface area contributed by atoms with Crippen molar-refractivity contribution in [3.8, 4) is 6.07 Å². The maximum absolute atomic E-state index is 8.78. The van der Waals surface area contributed by atoms with Crippen molar-refractivity contribution in [2.75, 3.05) is 19.8 Å². The van der Waals surface area contributed by atoms with Gasteiger partial charge in [-0.05, 0) is 18.5 Å². The predicted octanol–water partition coefficient (Wildman–Crippen LogP) is 1.75. The first-order chi connectivity index (χ1) is 7.86. The largest absolute Gasteiger partial charge is 0.378 e. The standard InChI is InChI=1S/C13H18N2O/c1-2-15-13(10-14)11-16-9-8-12-6-4-3-5-7-12/h3-7,13,15H,2,8-9,11H2,1H3. The topological polar surface area (TPSA) is 45.0 Å². The van der Waals surface area contributed by atoms with E-state index in [1.807, 2.05) is 25.1 Å². The Hall–Kier alpha value is -1.37. The van der Waals surface area contributed by atoms with Crippen molar-refractivity contribution >= 4 is 0 Å². The van der Waals surface area contributed by atoms with E-state index in [1.165, 1.54) is 5.56 Å². The summed E-state index contributed by atoms with van der Waals surface area (Å²) in [5.74, 6) is 0. The van der Waals surface area contributed by atoms with Crippen molar-refractivity contribution in [2.45, 2.75) is 19.4 Å². The Bertz CT molecular complexity index is 318. The van der Waals surface area contributed by atoms with Crippen LogP contribution >= 0.6 is 0 Å². The molecule has 0 saturated heterocycles. The molecule has 0 radical (unpaired) electrons. The Morgan fingerprint density at radius 3 is 2.75 bits per heavy atom. The van der Waals surface area contributed by atoms with E-state index in [9.17, 15) is 0 Å². The quantitative estimate of drug-likeness (QED) is 0.709. The zero-order chi connectivity index (χ0) is 11.6. The Labute approximate surface area is 97.0 Å². The molecule has 0 fully saturated rings. The van der Waals surface area contributed by atoms with Crippen LogP contribution in [0.25, 0.3) is 0 Å². The zero-order valence-corrected chi connectivity index (χ0v) is 9.65. The van der Waals surface area contributed by atoms with Gasteiger partial charge in [0.15, 0.2) is 0 Å². The van der Waals surface area contributed by atoms with Crippen LogP contribution in [0.2, 0.25) is 0 Å². The molecule has 0 aromatic heterocycles. The minimum Gasteiger partial charge on any atom is -0.378 e. The molecule has 1 unspecified atom stereocenters. The summed E-state index contributed by atoms with van der Waals surface area (Å²) in [5.41, 5.74) is 1.26. The second-order valence-electron chi connectivity index (χ2n) is 3.55. The first-order valence-corrected chi connectivity index (χ1v) is 5.61. The molecule has 16 heavy (non-hydrogen) atoms. The second-order valence-corrected chi connectivity index (χ2v) is 3.55. The Morgan fingerprint density at radius 1 is 1.38 bits per heavy atom. The molecule has 0 heterocycles. The normalized spacial score (nSPS) is 12.0. The van der Waals surface area contributed by atoms with E-state index >= 15 is 0 Å². The maximum atomic E-state index is 8.78. The van der Waals surface area contributed by atoms with Crippen LogP contribution in [0.3, 0.4) is 0 Å². The van der Waals surface area contributed by atoms with Gasteiger partial charge in [0, 0.05) is 0 Å². The molecule has 0 bridgehead atoms. The molecule has 0 aliphatic carbocycles. The molecule has 0 amide bonds. The fraction of sp³-hybridized carbons (Fsp3) is 0.462. The lowest BCUT2D eigenvalue weighted by atomic mass is 10.2.